The van der Waals surface area contributed by atoms with Crippen LogP contribution in [0.4, 0.5) is 11.5 Å². The number of nitrogen functional groups attached to an aromatic ring is 1. The summed E-state index contributed by atoms with van der Waals surface area (Å²) < 4.78 is 21.4. The minimum atomic E-state index is -3.56. The highest BCUT2D eigenvalue weighted by Crippen LogP contribution is 2.15. The molecule has 0 bridgehead atoms. The molecule has 1 aromatic heterocycles. The molecule has 1 rings (SSSR count). The number of hydrogen-bond donors (Lipinski definition) is 4. The highest BCUT2D eigenvalue weighted by molar-refractivity contribution is 7.89. The summed E-state index contributed by atoms with van der Waals surface area (Å²) >= 11 is 0. The second-order valence-corrected chi connectivity index (χ2v) is 5.03. The molecule has 0 aliphatic carbocycles. The van der Waals surface area contributed by atoms with Crippen LogP contribution >= 0.6 is 0 Å². The van der Waals surface area contributed by atoms with Crippen LogP contribution in [0.5, 0.6) is 0 Å². The molecule has 0 radical (unpaired) electrons. The second kappa shape index (κ2) is 4.97. The van der Waals surface area contributed by atoms with Crippen molar-refractivity contribution < 1.29 is 13.2 Å². The summed E-state index contributed by atoms with van der Waals surface area (Å²) in [6, 6.07) is 2.83. The molecule has 7 N–H and O–H groups in total. The van der Waals surface area contributed by atoms with Gasteiger partial charge in [0, 0.05) is 6.54 Å². The van der Waals surface area contributed by atoms with E-state index < -0.39 is 15.9 Å². The second-order valence-electron chi connectivity index (χ2n) is 3.29. The van der Waals surface area contributed by atoms with E-state index in [2.05, 4.69) is 10.3 Å². The standard InChI is InChI=1S/C8H13N5O3S/c9-5-1-2-6(7(10)14)13-8(5)12-3-4-17(11,15)16/h1-2H,3-4,9H2,(H2,10,14)(H,12,13)(H2,11,15,16). The molecule has 9 heteroatoms. The van der Waals surface area contributed by atoms with Gasteiger partial charge in [-0.2, -0.15) is 0 Å². The molecule has 0 aliphatic heterocycles. The fourth-order valence-corrected chi connectivity index (χ4v) is 1.45. The number of nitrogens with two attached hydrogens (primary N) is 3. The van der Waals surface area contributed by atoms with Gasteiger partial charge in [0.05, 0.1) is 11.4 Å². The Morgan fingerprint density at radius 1 is 1.41 bits per heavy atom. The van der Waals surface area contributed by atoms with E-state index >= 15 is 0 Å². The number of hydrogen-bond acceptors (Lipinski definition) is 6. The molecule has 0 spiro atoms. The van der Waals surface area contributed by atoms with Gasteiger partial charge in [0.15, 0.2) is 0 Å². The Bertz CT molecular complexity index is 528. The lowest BCUT2D eigenvalue weighted by molar-refractivity contribution is 0.0995. The summed E-state index contributed by atoms with van der Waals surface area (Å²) in [5, 5.41) is 7.48. The van der Waals surface area contributed by atoms with Crippen molar-refractivity contribution in [2.75, 3.05) is 23.3 Å². The first-order chi connectivity index (χ1) is 7.79. The van der Waals surface area contributed by atoms with Gasteiger partial charge < -0.3 is 16.8 Å². The maximum Gasteiger partial charge on any atom is 0.267 e. The van der Waals surface area contributed by atoms with Gasteiger partial charge in [-0.25, -0.2) is 18.5 Å². The molecule has 1 heterocycles. The third-order valence-electron chi connectivity index (χ3n) is 1.86. The summed E-state index contributed by atoms with van der Waals surface area (Å²) in [6.07, 6.45) is 0. The third-order valence-corrected chi connectivity index (χ3v) is 2.63. The van der Waals surface area contributed by atoms with Gasteiger partial charge >= 0.3 is 0 Å². The normalized spacial score (nSPS) is 11.1. The molecule has 17 heavy (non-hydrogen) atoms. The fourth-order valence-electron chi connectivity index (χ4n) is 1.06. The lowest BCUT2D eigenvalue weighted by atomic mass is 10.3. The average molecular weight is 259 g/mol. The van der Waals surface area contributed by atoms with Gasteiger partial charge in [-0.05, 0) is 12.1 Å². The predicted molar refractivity (Wildman–Crippen MR) is 63.6 cm³/mol. The third kappa shape index (κ3) is 4.25. The van der Waals surface area contributed by atoms with E-state index in [0.717, 1.165) is 0 Å². The van der Waals surface area contributed by atoms with Crippen LogP contribution in [0.2, 0.25) is 0 Å². The molecular formula is C8H13N5O3S. The van der Waals surface area contributed by atoms with Gasteiger partial charge in [0.2, 0.25) is 10.0 Å². The van der Waals surface area contributed by atoms with E-state index in [-0.39, 0.29) is 29.5 Å². The molecule has 1 aromatic rings. The minimum Gasteiger partial charge on any atom is -0.396 e. The smallest absolute Gasteiger partial charge is 0.267 e. The van der Waals surface area contributed by atoms with Crippen molar-refractivity contribution in [3.63, 3.8) is 0 Å². The van der Waals surface area contributed by atoms with Gasteiger partial charge in [0.25, 0.3) is 5.91 Å². The number of carbonyl (C=O) groups excluding carboxylic acids is 1. The molecule has 0 aromatic carbocycles. The van der Waals surface area contributed by atoms with Crippen molar-refractivity contribution in [3.8, 4) is 0 Å². The van der Waals surface area contributed by atoms with Crippen LogP contribution in [0.15, 0.2) is 12.1 Å². The van der Waals surface area contributed by atoms with Crippen LogP contribution in [0, 0.1) is 0 Å². The number of sulfonamides is 1. The van der Waals surface area contributed by atoms with Gasteiger partial charge in [-0.3, -0.25) is 4.79 Å². The SMILES string of the molecule is NC(=O)c1ccc(N)c(NCCS(N)(=O)=O)n1. The fraction of sp³-hybridized carbons (Fsp3) is 0.250. The Morgan fingerprint density at radius 3 is 2.59 bits per heavy atom. The van der Waals surface area contributed by atoms with E-state index in [0.29, 0.717) is 0 Å². The first-order valence-electron chi connectivity index (χ1n) is 4.60. The van der Waals surface area contributed by atoms with Crippen LogP contribution in [-0.4, -0.2) is 31.6 Å². The molecule has 0 saturated carbocycles. The van der Waals surface area contributed by atoms with Crippen molar-refractivity contribution in [1.82, 2.24) is 4.98 Å². The van der Waals surface area contributed by atoms with Crippen LogP contribution in [0.1, 0.15) is 10.5 Å². The Labute approximate surface area is 98.2 Å². The van der Waals surface area contributed by atoms with Crippen molar-refractivity contribution >= 4 is 27.4 Å². The van der Waals surface area contributed by atoms with E-state index in [1.165, 1.54) is 12.1 Å². The lowest BCUT2D eigenvalue weighted by Crippen LogP contribution is -2.23. The largest absolute Gasteiger partial charge is 0.396 e. The Morgan fingerprint density at radius 2 is 2.06 bits per heavy atom. The molecule has 0 atom stereocenters. The maximum atomic E-state index is 10.9. The number of nitrogens with one attached hydrogen (secondary N) is 1. The summed E-state index contributed by atoms with van der Waals surface area (Å²) in [6.45, 7) is 0.0399. The number of carbonyl (C=O) groups is 1. The summed E-state index contributed by atoms with van der Waals surface area (Å²) in [5.41, 5.74) is 10.9. The Kier molecular flexibility index (Phi) is 3.86. The molecular weight excluding hydrogens is 246 g/mol. The number of amides is 1. The lowest BCUT2D eigenvalue weighted by Gasteiger charge is -2.08. The highest BCUT2D eigenvalue weighted by Gasteiger charge is 2.08. The van der Waals surface area contributed by atoms with Crippen LogP contribution < -0.4 is 21.9 Å². The van der Waals surface area contributed by atoms with Crippen LogP contribution in [0.3, 0.4) is 0 Å². The minimum absolute atomic E-state index is 0.0392. The van der Waals surface area contributed by atoms with E-state index in [9.17, 15) is 13.2 Å². The van der Waals surface area contributed by atoms with E-state index in [1.54, 1.807) is 0 Å². The quantitative estimate of drug-likeness (QED) is 0.502. The molecule has 94 valence electrons. The predicted octanol–water partition coefficient (Wildman–Crippen LogP) is -1.54. The number of aromatic nitrogens is 1. The van der Waals surface area contributed by atoms with Gasteiger partial charge in [-0.15, -0.1) is 0 Å². The molecule has 0 aliphatic rings. The van der Waals surface area contributed by atoms with E-state index in [4.69, 9.17) is 16.6 Å². The summed E-state index contributed by atoms with van der Waals surface area (Å²) in [5.74, 6) is -0.765. The number of rotatable bonds is 5. The Balaban J connectivity index is 2.76. The zero-order valence-electron chi connectivity index (χ0n) is 8.88. The highest BCUT2D eigenvalue weighted by atomic mass is 32.2. The number of nitrogens with zero attached hydrogens (tertiary/aromatic N) is 1. The van der Waals surface area contributed by atoms with Gasteiger partial charge in [0.1, 0.15) is 11.5 Å². The summed E-state index contributed by atoms with van der Waals surface area (Å²) in [4.78, 5) is 14.7. The monoisotopic (exact) mass is 259 g/mol. The number of anilines is 2. The van der Waals surface area contributed by atoms with Crippen molar-refractivity contribution in [1.29, 1.82) is 0 Å². The molecule has 8 nitrogen and oxygen atoms in total. The van der Waals surface area contributed by atoms with Crippen LogP contribution in [-0.2, 0) is 10.0 Å². The molecule has 0 unspecified atom stereocenters. The molecule has 0 fully saturated rings. The van der Waals surface area contributed by atoms with Crippen molar-refractivity contribution in [2.45, 2.75) is 0 Å². The van der Waals surface area contributed by atoms with Crippen LogP contribution in [0.25, 0.3) is 0 Å². The average Bonchev–Trinajstić information content (AvgIpc) is 2.18. The van der Waals surface area contributed by atoms with Crippen molar-refractivity contribution in [2.24, 2.45) is 10.9 Å². The zero-order chi connectivity index (χ0) is 13.1. The first kappa shape index (κ1) is 13.2. The van der Waals surface area contributed by atoms with Crippen molar-refractivity contribution in [3.05, 3.63) is 17.8 Å². The topological polar surface area (TPSA) is 154 Å². The zero-order valence-corrected chi connectivity index (χ0v) is 9.70. The number of pyridine rings is 1. The molecule has 1 amide bonds. The van der Waals surface area contributed by atoms with Gasteiger partial charge in [-0.1, -0.05) is 0 Å². The number of primary sulfonamides is 1. The first-order valence-corrected chi connectivity index (χ1v) is 6.32. The number of primary amides is 1. The Hall–Kier alpha value is -1.87. The maximum absolute atomic E-state index is 10.9. The molecule has 0 saturated heterocycles. The van der Waals surface area contributed by atoms with E-state index in [1.807, 2.05) is 0 Å². The summed E-state index contributed by atoms with van der Waals surface area (Å²) in [7, 11) is -3.56.